The molecule has 7 aromatic rings. The summed E-state index contributed by atoms with van der Waals surface area (Å²) in [7, 11) is 0. The van der Waals surface area contributed by atoms with Crippen LogP contribution in [-0.4, -0.2) is 31.0 Å². The van der Waals surface area contributed by atoms with E-state index in [1.807, 2.05) is 133 Å². The zero-order valence-corrected chi connectivity index (χ0v) is 31.9. The van der Waals surface area contributed by atoms with Crippen LogP contribution in [0.25, 0.3) is 10.1 Å². The third-order valence-electron chi connectivity index (χ3n) is 10.0. The van der Waals surface area contributed by atoms with Gasteiger partial charge in [0.15, 0.2) is 0 Å². The molecule has 0 N–H and O–H groups in total. The van der Waals surface area contributed by atoms with Crippen LogP contribution in [0.2, 0.25) is 0 Å². The minimum atomic E-state index is -0.696. The third-order valence-corrected chi connectivity index (χ3v) is 11.2. The van der Waals surface area contributed by atoms with E-state index in [-0.39, 0.29) is 12.4 Å². The molecule has 1 aliphatic rings. The van der Waals surface area contributed by atoms with E-state index in [0.29, 0.717) is 38.4 Å². The van der Waals surface area contributed by atoms with Crippen LogP contribution >= 0.6 is 11.3 Å². The number of hydrogen-bond donors (Lipinski definition) is 0. The smallest absolute Gasteiger partial charge is 0.123 e. The van der Waals surface area contributed by atoms with Gasteiger partial charge in [-0.3, -0.25) is 0 Å². The first kappa shape index (κ1) is 37.9. The van der Waals surface area contributed by atoms with Crippen LogP contribution in [0.3, 0.4) is 0 Å². The fraction of sp³-hybridized carbons (Fsp3) is 0.224. The van der Waals surface area contributed by atoms with Crippen molar-refractivity contribution in [2.75, 3.05) is 6.61 Å². The lowest BCUT2D eigenvalue weighted by Gasteiger charge is -2.46. The van der Waals surface area contributed by atoms with Gasteiger partial charge >= 0.3 is 0 Å². The van der Waals surface area contributed by atoms with Crippen LogP contribution in [0.1, 0.15) is 44.4 Å². The lowest BCUT2D eigenvalue weighted by molar-refractivity contribution is -0.275. The number of benzene rings is 6. The summed E-state index contributed by atoms with van der Waals surface area (Å²) in [6, 6.07) is 56.0. The summed E-state index contributed by atoms with van der Waals surface area (Å²) in [6.45, 7) is 1.60. The van der Waals surface area contributed by atoms with Crippen molar-refractivity contribution < 1.29 is 28.1 Å². The standard InChI is InChI=1S/C49H45FO5S/c50-42-26-39(27-43-29-40-23-13-14-24-45(40)56-43)25-41(28-42)46-48(53-32-37-19-9-3-10-20-37)49(54-33-38-21-11-4-12-22-38)47(52-31-36-17-7-2-8-18-36)44(55-46)34-51-30-35-15-5-1-6-16-35/h1-26,28-29,44,46-49H,27,30-34H2/t44-,46+,47-,48+,49+/m1/s1. The predicted octanol–water partition coefficient (Wildman–Crippen LogP) is 11.0. The summed E-state index contributed by atoms with van der Waals surface area (Å²) in [5, 5.41) is 1.19. The lowest BCUT2D eigenvalue weighted by Crippen LogP contribution is -2.58. The topological polar surface area (TPSA) is 46.2 Å². The van der Waals surface area contributed by atoms with Gasteiger partial charge in [-0.05, 0) is 63.0 Å². The van der Waals surface area contributed by atoms with Crippen LogP contribution in [0.5, 0.6) is 0 Å². The molecule has 0 amide bonds. The van der Waals surface area contributed by atoms with E-state index >= 15 is 4.39 Å². The molecule has 2 heterocycles. The van der Waals surface area contributed by atoms with E-state index in [9.17, 15) is 0 Å². The Kier molecular flexibility index (Phi) is 12.7. The number of rotatable bonds is 16. The van der Waals surface area contributed by atoms with Gasteiger partial charge in [0.1, 0.15) is 36.3 Å². The molecule has 6 aromatic carbocycles. The van der Waals surface area contributed by atoms with Crippen molar-refractivity contribution in [3.05, 3.63) is 214 Å². The van der Waals surface area contributed by atoms with E-state index < -0.39 is 30.5 Å². The molecule has 0 saturated carbocycles. The number of halogens is 1. The number of fused-ring (bicyclic) bond motifs is 1. The summed E-state index contributed by atoms with van der Waals surface area (Å²) in [4.78, 5) is 1.16. The molecule has 0 unspecified atom stereocenters. The van der Waals surface area contributed by atoms with Crippen molar-refractivity contribution in [2.24, 2.45) is 0 Å². The van der Waals surface area contributed by atoms with Gasteiger partial charge in [-0.1, -0.05) is 146 Å². The van der Waals surface area contributed by atoms with Gasteiger partial charge in [0.25, 0.3) is 0 Å². The molecule has 1 saturated heterocycles. The highest BCUT2D eigenvalue weighted by molar-refractivity contribution is 7.19. The summed E-state index contributed by atoms with van der Waals surface area (Å²) in [5.74, 6) is -0.329. The van der Waals surface area contributed by atoms with Crippen molar-refractivity contribution in [3.63, 3.8) is 0 Å². The summed E-state index contributed by atoms with van der Waals surface area (Å²) in [5.41, 5.74) is 5.65. The van der Waals surface area contributed by atoms with Crippen LogP contribution in [0, 0.1) is 5.82 Å². The molecule has 1 aliphatic heterocycles. The highest BCUT2D eigenvalue weighted by Gasteiger charge is 2.49. The minimum Gasteiger partial charge on any atom is -0.374 e. The van der Waals surface area contributed by atoms with Crippen molar-refractivity contribution >= 4 is 21.4 Å². The van der Waals surface area contributed by atoms with E-state index in [0.717, 1.165) is 32.7 Å². The molecule has 0 aliphatic carbocycles. The van der Waals surface area contributed by atoms with Gasteiger partial charge in [0.05, 0.1) is 33.0 Å². The van der Waals surface area contributed by atoms with E-state index in [1.54, 1.807) is 23.5 Å². The molecule has 0 spiro atoms. The Morgan fingerprint density at radius 2 is 1.02 bits per heavy atom. The van der Waals surface area contributed by atoms with E-state index in [1.165, 1.54) is 10.1 Å². The third kappa shape index (κ3) is 9.87. The second-order valence-electron chi connectivity index (χ2n) is 14.2. The summed E-state index contributed by atoms with van der Waals surface area (Å²) in [6.07, 6.45) is -2.53. The van der Waals surface area contributed by atoms with Crippen molar-refractivity contribution in [1.29, 1.82) is 0 Å². The average Bonchev–Trinajstić information content (AvgIpc) is 3.65. The first-order chi connectivity index (χ1) is 27.6. The van der Waals surface area contributed by atoms with Gasteiger partial charge in [-0.15, -0.1) is 11.3 Å². The average molecular weight is 765 g/mol. The van der Waals surface area contributed by atoms with Crippen molar-refractivity contribution in [1.82, 2.24) is 0 Å². The normalized spacial score (nSPS) is 19.6. The fourth-order valence-corrected chi connectivity index (χ4v) is 8.42. The molecule has 284 valence electrons. The summed E-state index contributed by atoms with van der Waals surface area (Å²) < 4.78 is 51.2. The zero-order valence-electron chi connectivity index (χ0n) is 31.1. The van der Waals surface area contributed by atoms with Crippen LogP contribution in [-0.2, 0) is 56.5 Å². The van der Waals surface area contributed by atoms with Crippen LogP contribution in [0.15, 0.2) is 170 Å². The Hall–Kier alpha value is -4.99. The quantitative estimate of drug-likeness (QED) is 0.0981. The van der Waals surface area contributed by atoms with Crippen LogP contribution < -0.4 is 0 Å². The SMILES string of the molecule is Fc1cc(Cc2cc3ccccc3s2)cc([C@@H]2O[C@H](COCc3ccccc3)[C@@H](OCc3ccccc3)[C@H](OCc3ccccc3)[C@H]2OCc2ccccc2)c1. The Labute approximate surface area is 332 Å². The predicted molar refractivity (Wildman–Crippen MR) is 220 cm³/mol. The minimum absolute atomic E-state index is 0.228. The Morgan fingerprint density at radius 1 is 0.500 bits per heavy atom. The lowest BCUT2D eigenvalue weighted by atomic mass is 9.89. The molecule has 5 atom stereocenters. The molecular formula is C49H45FO5S. The number of hydrogen-bond acceptors (Lipinski definition) is 6. The van der Waals surface area contributed by atoms with E-state index in [4.69, 9.17) is 23.7 Å². The van der Waals surface area contributed by atoms with Crippen LogP contribution in [0.4, 0.5) is 4.39 Å². The van der Waals surface area contributed by atoms with Gasteiger partial charge < -0.3 is 23.7 Å². The summed E-state index contributed by atoms with van der Waals surface area (Å²) >= 11 is 1.73. The first-order valence-corrected chi connectivity index (χ1v) is 20.0. The molecule has 1 fully saturated rings. The van der Waals surface area contributed by atoms with Gasteiger partial charge in [-0.2, -0.15) is 0 Å². The Bertz CT molecular complexity index is 2220. The maximum Gasteiger partial charge on any atom is 0.123 e. The molecule has 8 rings (SSSR count). The molecule has 7 heteroatoms. The molecule has 1 aromatic heterocycles. The highest BCUT2D eigenvalue weighted by atomic mass is 32.1. The second-order valence-corrected chi connectivity index (χ2v) is 15.4. The van der Waals surface area contributed by atoms with Gasteiger partial charge in [0, 0.05) is 16.0 Å². The Morgan fingerprint density at radius 3 is 1.61 bits per heavy atom. The van der Waals surface area contributed by atoms with Gasteiger partial charge in [-0.25, -0.2) is 4.39 Å². The maximum atomic E-state index is 15.8. The molecule has 0 radical (unpaired) electrons. The maximum absolute atomic E-state index is 15.8. The molecular weight excluding hydrogens is 720 g/mol. The zero-order chi connectivity index (χ0) is 37.9. The van der Waals surface area contributed by atoms with E-state index in [2.05, 4.69) is 24.3 Å². The van der Waals surface area contributed by atoms with Gasteiger partial charge in [0.2, 0.25) is 0 Å². The van der Waals surface area contributed by atoms with Crippen molar-refractivity contribution in [2.45, 2.75) is 63.4 Å². The van der Waals surface area contributed by atoms with Crippen molar-refractivity contribution in [3.8, 4) is 0 Å². The molecule has 5 nitrogen and oxygen atoms in total. The largest absolute Gasteiger partial charge is 0.374 e. The Balaban J connectivity index is 1.16. The molecule has 0 bridgehead atoms. The number of ether oxygens (including phenoxy) is 5. The fourth-order valence-electron chi connectivity index (χ4n) is 7.32. The monoisotopic (exact) mass is 764 g/mol. The molecule has 56 heavy (non-hydrogen) atoms. The number of thiophene rings is 1. The first-order valence-electron chi connectivity index (χ1n) is 19.2. The highest BCUT2D eigenvalue weighted by Crippen LogP contribution is 2.40. The second kappa shape index (κ2) is 18.8.